The van der Waals surface area contributed by atoms with Gasteiger partial charge >= 0.3 is 11.9 Å². The Morgan fingerprint density at radius 1 is 1.33 bits per heavy atom. The molecule has 1 N–H and O–H groups in total. The molecule has 0 saturated carbocycles. The lowest BCUT2D eigenvalue weighted by molar-refractivity contribution is -0.127. The zero-order valence-corrected chi connectivity index (χ0v) is 7.39. The minimum Gasteiger partial charge on any atom is -0.408 e. The number of rotatable bonds is 1. The van der Waals surface area contributed by atoms with Gasteiger partial charge in [-0.2, -0.15) is 13.2 Å². The molecule has 3 nitrogen and oxygen atoms in total. The summed E-state index contributed by atoms with van der Waals surface area (Å²) in [7, 11) is 0. The number of alkyl halides is 3. The van der Waals surface area contributed by atoms with Crippen molar-refractivity contribution in [3.63, 3.8) is 0 Å². The third-order valence-corrected chi connectivity index (χ3v) is 1.89. The first kappa shape index (κ1) is 9.82. The summed E-state index contributed by atoms with van der Waals surface area (Å²) in [5.41, 5.74) is 0.625. The van der Waals surface area contributed by atoms with Crippen molar-refractivity contribution in [2.75, 3.05) is 0 Å². The van der Waals surface area contributed by atoms with Gasteiger partial charge in [-0.05, 0) is 17.7 Å². The van der Waals surface area contributed by atoms with E-state index in [0.717, 1.165) is 0 Å². The molecule has 0 aliphatic carbocycles. The van der Waals surface area contributed by atoms with Gasteiger partial charge < -0.3 is 4.42 Å². The van der Waals surface area contributed by atoms with Crippen molar-refractivity contribution in [3.8, 4) is 0 Å². The highest BCUT2D eigenvalue weighted by molar-refractivity contribution is 5.72. The maximum absolute atomic E-state index is 12.1. The standard InChI is InChI=1S/C9H6F3NO2/c10-9(11,12)4-5-1-2-7-6(3-5)13-8(14)15-7/h1-3H,4H2,(H,13,14). The Morgan fingerprint density at radius 3 is 2.73 bits per heavy atom. The van der Waals surface area contributed by atoms with Gasteiger partial charge in [-0.1, -0.05) is 6.07 Å². The van der Waals surface area contributed by atoms with Crippen molar-refractivity contribution < 1.29 is 17.6 Å². The normalized spacial score (nSPS) is 12.2. The Balaban J connectivity index is 2.42. The fourth-order valence-electron chi connectivity index (χ4n) is 1.34. The van der Waals surface area contributed by atoms with Crippen molar-refractivity contribution in [1.82, 2.24) is 4.98 Å². The first-order valence-corrected chi connectivity index (χ1v) is 4.12. The quantitative estimate of drug-likeness (QED) is 0.796. The predicted octanol–water partition coefficient (Wildman–Crippen LogP) is 2.23. The summed E-state index contributed by atoms with van der Waals surface area (Å²) in [6.07, 6.45) is -5.27. The van der Waals surface area contributed by atoms with Crippen LogP contribution in [0.5, 0.6) is 0 Å². The zero-order chi connectivity index (χ0) is 11.1. The maximum atomic E-state index is 12.1. The van der Waals surface area contributed by atoms with Gasteiger partial charge in [-0.15, -0.1) is 0 Å². The van der Waals surface area contributed by atoms with Crippen LogP contribution in [-0.2, 0) is 6.42 Å². The molecule has 0 aliphatic heterocycles. The minimum absolute atomic E-state index is 0.0899. The molecule has 6 heteroatoms. The topological polar surface area (TPSA) is 46.0 Å². The highest BCUT2D eigenvalue weighted by Crippen LogP contribution is 2.22. The fourth-order valence-corrected chi connectivity index (χ4v) is 1.34. The molecule has 15 heavy (non-hydrogen) atoms. The summed E-state index contributed by atoms with van der Waals surface area (Å²) >= 11 is 0. The van der Waals surface area contributed by atoms with Gasteiger partial charge in [-0.3, -0.25) is 4.98 Å². The van der Waals surface area contributed by atoms with Crippen LogP contribution in [-0.4, -0.2) is 11.2 Å². The van der Waals surface area contributed by atoms with E-state index >= 15 is 0 Å². The van der Waals surface area contributed by atoms with Crippen LogP contribution in [0.4, 0.5) is 13.2 Å². The molecule has 1 aromatic heterocycles. The van der Waals surface area contributed by atoms with Crippen LogP contribution < -0.4 is 5.76 Å². The molecule has 0 fully saturated rings. The lowest BCUT2D eigenvalue weighted by Gasteiger charge is -2.05. The van der Waals surface area contributed by atoms with E-state index in [-0.39, 0.29) is 16.7 Å². The molecule has 0 spiro atoms. The van der Waals surface area contributed by atoms with Gasteiger partial charge in [0.25, 0.3) is 0 Å². The summed E-state index contributed by atoms with van der Waals surface area (Å²) in [6, 6.07) is 3.88. The summed E-state index contributed by atoms with van der Waals surface area (Å²) in [5, 5.41) is 0. The van der Waals surface area contributed by atoms with E-state index in [1.165, 1.54) is 18.2 Å². The number of aromatic amines is 1. The minimum atomic E-state index is -4.25. The Bertz CT molecular complexity index is 538. The number of aromatic nitrogens is 1. The third-order valence-electron chi connectivity index (χ3n) is 1.89. The third kappa shape index (κ3) is 2.20. The monoisotopic (exact) mass is 217 g/mol. The Hall–Kier alpha value is -1.72. The SMILES string of the molecule is O=c1[nH]c2cc(CC(F)(F)F)ccc2o1. The lowest BCUT2D eigenvalue weighted by Crippen LogP contribution is -2.11. The molecule has 1 aromatic carbocycles. The summed E-state index contributed by atoms with van der Waals surface area (Å²) in [4.78, 5) is 13.0. The summed E-state index contributed by atoms with van der Waals surface area (Å²) < 4.78 is 40.8. The average Bonchev–Trinajstić information content (AvgIpc) is 2.40. The molecule has 0 bridgehead atoms. The Kier molecular flexibility index (Phi) is 2.06. The van der Waals surface area contributed by atoms with E-state index in [2.05, 4.69) is 9.40 Å². The number of hydrogen-bond donors (Lipinski definition) is 1. The highest BCUT2D eigenvalue weighted by atomic mass is 19.4. The van der Waals surface area contributed by atoms with E-state index in [0.29, 0.717) is 0 Å². The zero-order valence-electron chi connectivity index (χ0n) is 7.39. The van der Waals surface area contributed by atoms with Crippen molar-refractivity contribution in [2.24, 2.45) is 0 Å². The number of halogens is 3. The van der Waals surface area contributed by atoms with E-state index in [1.807, 2.05) is 0 Å². The highest BCUT2D eigenvalue weighted by Gasteiger charge is 2.27. The number of benzene rings is 1. The molecular formula is C9H6F3NO2. The van der Waals surface area contributed by atoms with Crippen molar-refractivity contribution >= 4 is 11.1 Å². The first-order valence-electron chi connectivity index (χ1n) is 4.12. The van der Waals surface area contributed by atoms with E-state index in [4.69, 9.17) is 0 Å². The van der Waals surface area contributed by atoms with Gasteiger partial charge in [0, 0.05) is 0 Å². The van der Waals surface area contributed by atoms with E-state index in [1.54, 1.807) is 0 Å². The number of H-pyrrole nitrogens is 1. The number of fused-ring (bicyclic) bond motifs is 1. The summed E-state index contributed by atoms with van der Waals surface area (Å²) in [5.74, 6) is -0.672. The van der Waals surface area contributed by atoms with Crippen LogP contribution in [0.1, 0.15) is 5.56 Å². The Labute approximate surface area is 81.5 Å². The predicted molar refractivity (Wildman–Crippen MR) is 46.6 cm³/mol. The van der Waals surface area contributed by atoms with Gasteiger partial charge in [0.1, 0.15) is 0 Å². The van der Waals surface area contributed by atoms with E-state index in [9.17, 15) is 18.0 Å². The largest absolute Gasteiger partial charge is 0.417 e. The second kappa shape index (κ2) is 3.15. The van der Waals surface area contributed by atoms with Crippen LogP contribution in [0.15, 0.2) is 27.4 Å². The molecule has 2 aromatic rings. The molecule has 0 radical (unpaired) electrons. The lowest BCUT2D eigenvalue weighted by atomic mass is 10.1. The number of oxazole rings is 1. The second-order valence-corrected chi connectivity index (χ2v) is 3.14. The molecular weight excluding hydrogens is 211 g/mol. The van der Waals surface area contributed by atoms with Crippen LogP contribution in [0.3, 0.4) is 0 Å². The van der Waals surface area contributed by atoms with Crippen LogP contribution >= 0.6 is 0 Å². The smallest absolute Gasteiger partial charge is 0.408 e. The fraction of sp³-hybridized carbons (Fsp3) is 0.222. The van der Waals surface area contributed by atoms with Crippen LogP contribution in [0.2, 0.25) is 0 Å². The average molecular weight is 217 g/mol. The second-order valence-electron chi connectivity index (χ2n) is 3.14. The number of hydrogen-bond acceptors (Lipinski definition) is 2. The van der Waals surface area contributed by atoms with Gasteiger partial charge in [0.05, 0.1) is 11.9 Å². The van der Waals surface area contributed by atoms with Crippen LogP contribution in [0.25, 0.3) is 11.1 Å². The van der Waals surface area contributed by atoms with Crippen molar-refractivity contribution in [1.29, 1.82) is 0 Å². The van der Waals surface area contributed by atoms with E-state index < -0.39 is 18.4 Å². The molecule has 0 aliphatic rings. The van der Waals surface area contributed by atoms with Crippen LogP contribution in [0, 0.1) is 0 Å². The molecule has 0 atom stereocenters. The molecule has 0 saturated heterocycles. The Morgan fingerprint density at radius 2 is 2.07 bits per heavy atom. The molecule has 80 valence electrons. The molecule has 1 heterocycles. The van der Waals surface area contributed by atoms with Crippen molar-refractivity contribution in [3.05, 3.63) is 34.3 Å². The molecule has 0 amide bonds. The molecule has 0 unspecified atom stereocenters. The first-order chi connectivity index (χ1) is 6.94. The van der Waals surface area contributed by atoms with Gasteiger partial charge in [0.2, 0.25) is 0 Å². The number of nitrogens with one attached hydrogen (secondary N) is 1. The summed E-state index contributed by atoms with van der Waals surface area (Å²) in [6.45, 7) is 0. The van der Waals surface area contributed by atoms with Crippen molar-refractivity contribution in [2.45, 2.75) is 12.6 Å². The van der Waals surface area contributed by atoms with Gasteiger partial charge in [0.15, 0.2) is 5.58 Å². The van der Waals surface area contributed by atoms with Gasteiger partial charge in [-0.25, -0.2) is 4.79 Å². The molecule has 2 rings (SSSR count). The maximum Gasteiger partial charge on any atom is 0.417 e.